The molecular formula is C16H22N4OS. The fourth-order valence-corrected chi connectivity index (χ4v) is 3.84. The minimum absolute atomic E-state index is 0.0397. The Morgan fingerprint density at radius 2 is 2.23 bits per heavy atom. The number of thiophene rings is 1. The van der Waals surface area contributed by atoms with E-state index in [0.29, 0.717) is 0 Å². The summed E-state index contributed by atoms with van der Waals surface area (Å²) in [5.41, 5.74) is 4.05. The lowest BCUT2D eigenvalue weighted by molar-refractivity contribution is -0.121. The van der Waals surface area contributed by atoms with Gasteiger partial charge in [0.15, 0.2) is 0 Å². The number of aromatic nitrogens is 2. The number of nitrogens with zero attached hydrogens (tertiary/aromatic N) is 3. The number of hydrogen-bond acceptors (Lipinski definition) is 4. The highest BCUT2D eigenvalue weighted by molar-refractivity contribution is 7.10. The number of anilines is 1. The number of amides is 1. The molecule has 3 rings (SSSR count). The molecule has 0 saturated carbocycles. The molecule has 22 heavy (non-hydrogen) atoms. The molecule has 0 radical (unpaired) electrons. The van der Waals surface area contributed by atoms with Gasteiger partial charge in [0.1, 0.15) is 0 Å². The van der Waals surface area contributed by atoms with Gasteiger partial charge in [-0.1, -0.05) is 0 Å². The molecule has 1 unspecified atom stereocenters. The van der Waals surface area contributed by atoms with Crippen LogP contribution < -0.4 is 5.32 Å². The molecule has 0 spiro atoms. The predicted octanol–water partition coefficient (Wildman–Crippen LogP) is 2.48. The molecule has 1 atom stereocenters. The number of hydrogen-bond donors (Lipinski definition) is 1. The number of aryl methyl sites for hydroxylation is 2. The van der Waals surface area contributed by atoms with E-state index >= 15 is 0 Å². The lowest BCUT2D eigenvalue weighted by Crippen LogP contribution is -2.44. The van der Waals surface area contributed by atoms with Gasteiger partial charge in [0.2, 0.25) is 5.91 Å². The molecule has 1 N–H and O–H groups in total. The maximum Gasteiger partial charge on any atom is 0.241 e. The topological polar surface area (TPSA) is 50.2 Å². The van der Waals surface area contributed by atoms with Crippen molar-refractivity contribution in [1.29, 1.82) is 0 Å². The number of rotatable bonds is 3. The van der Waals surface area contributed by atoms with Gasteiger partial charge in [0.25, 0.3) is 0 Å². The maximum absolute atomic E-state index is 12.6. The highest BCUT2D eigenvalue weighted by Crippen LogP contribution is 2.26. The number of carbonyl (C=O) groups excluding carboxylic acids is 1. The first-order valence-electron chi connectivity index (χ1n) is 7.57. The summed E-state index contributed by atoms with van der Waals surface area (Å²) in [6, 6.07) is 2.03. The maximum atomic E-state index is 12.6. The third-order valence-corrected chi connectivity index (χ3v) is 5.54. The molecule has 3 heterocycles. The fourth-order valence-electron chi connectivity index (χ4n) is 2.95. The average molecular weight is 318 g/mol. The third-order valence-electron chi connectivity index (χ3n) is 4.52. The molecule has 1 aliphatic rings. The summed E-state index contributed by atoms with van der Waals surface area (Å²) in [5.74, 6) is 0.0397. The van der Waals surface area contributed by atoms with Crippen LogP contribution in [-0.4, -0.2) is 33.2 Å². The molecule has 6 heteroatoms. The number of carbonyl (C=O) groups is 1. The van der Waals surface area contributed by atoms with Crippen molar-refractivity contribution in [1.82, 2.24) is 14.7 Å². The molecule has 0 bridgehead atoms. The summed E-state index contributed by atoms with van der Waals surface area (Å²) in [4.78, 5) is 16.3. The minimum atomic E-state index is -0.146. The highest BCUT2D eigenvalue weighted by Gasteiger charge is 2.26. The van der Waals surface area contributed by atoms with Crippen LogP contribution in [0.5, 0.6) is 0 Å². The summed E-state index contributed by atoms with van der Waals surface area (Å²) in [6.07, 6.45) is 1.04. The summed E-state index contributed by atoms with van der Waals surface area (Å²) in [7, 11) is 1.89. The Morgan fingerprint density at radius 3 is 2.91 bits per heavy atom. The smallest absolute Gasteiger partial charge is 0.241 e. The first-order chi connectivity index (χ1) is 10.5. The molecule has 0 aromatic carbocycles. The molecule has 0 aliphatic carbocycles. The molecule has 5 nitrogen and oxygen atoms in total. The van der Waals surface area contributed by atoms with Crippen LogP contribution in [0.4, 0.5) is 5.69 Å². The van der Waals surface area contributed by atoms with Gasteiger partial charge in [0, 0.05) is 25.0 Å². The van der Waals surface area contributed by atoms with Crippen LogP contribution in [0, 0.1) is 13.8 Å². The molecule has 2 aromatic heterocycles. The van der Waals surface area contributed by atoms with E-state index in [2.05, 4.69) is 26.8 Å². The summed E-state index contributed by atoms with van der Waals surface area (Å²) in [6.45, 7) is 7.67. The Kier molecular flexibility index (Phi) is 4.06. The van der Waals surface area contributed by atoms with E-state index in [-0.39, 0.29) is 11.9 Å². The molecular weight excluding hydrogens is 296 g/mol. The van der Waals surface area contributed by atoms with Gasteiger partial charge in [-0.3, -0.25) is 14.4 Å². The fraction of sp³-hybridized carbons (Fsp3) is 0.500. The van der Waals surface area contributed by atoms with Crippen molar-refractivity contribution < 1.29 is 4.79 Å². The van der Waals surface area contributed by atoms with E-state index in [4.69, 9.17) is 0 Å². The van der Waals surface area contributed by atoms with Crippen molar-refractivity contribution in [2.45, 2.75) is 39.8 Å². The van der Waals surface area contributed by atoms with E-state index in [1.54, 1.807) is 4.68 Å². The van der Waals surface area contributed by atoms with Crippen LogP contribution >= 0.6 is 11.3 Å². The van der Waals surface area contributed by atoms with Gasteiger partial charge in [-0.25, -0.2) is 0 Å². The van der Waals surface area contributed by atoms with Crippen LogP contribution in [0.3, 0.4) is 0 Å². The van der Waals surface area contributed by atoms with Crippen LogP contribution in [0.1, 0.15) is 28.8 Å². The first kappa shape index (κ1) is 15.2. The Bertz CT molecular complexity index is 703. The van der Waals surface area contributed by atoms with Crippen molar-refractivity contribution in [3.8, 4) is 0 Å². The van der Waals surface area contributed by atoms with E-state index < -0.39 is 0 Å². The second kappa shape index (κ2) is 5.85. The minimum Gasteiger partial charge on any atom is -0.322 e. The lowest BCUT2D eigenvalue weighted by Gasteiger charge is -2.31. The van der Waals surface area contributed by atoms with Crippen LogP contribution in [0.2, 0.25) is 0 Å². The monoisotopic (exact) mass is 318 g/mol. The number of nitrogens with one attached hydrogen (secondary N) is 1. The standard InChI is InChI=1S/C16H22N4OS/c1-10-15(11(2)19(4)18-10)17-16(21)12(3)20-7-5-14-13(9-20)6-8-22-14/h6,8,12H,5,7,9H2,1-4H3,(H,17,21). The van der Waals surface area contributed by atoms with Gasteiger partial charge in [-0.15, -0.1) is 11.3 Å². The van der Waals surface area contributed by atoms with Crippen molar-refractivity contribution in [2.75, 3.05) is 11.9 Å². The van der Waals surface area contributed by atoms with Crippen molar-refractivity contribution >= 4 is 22.9 Å². The molecule has 1 amide bonds. The van der Waals surface area contributed by atoms with Gasteiger partial charge in [-0.05, 0) is 44.2 Å². The van der Waals surface area contributed by atoms with Gasteiger partial charge in [-0.2, -0.15) is 5.10 Å². The number of fused-ring (bicyclic) bond motifs is 1. The van der Waals surface area contributed by atoms with E-state index in [1.807, 2.05) is 39.2 Å². The molecule has 0 saturated heterocycles. The highest BCUT2D eigenvalue weighted by atomic mass is 32.1. The molecule has 118 valence electrons. The second-order valence-corrected chi connectivity index (χ2v) is 6.92. The van der Waals surface area contributed by atoms with Crippen LogP contribution in [-0.2, 0) is 24.8 Å². The Morgan fingerprint density at radius 1 is 1.45 bits per heavy atom. The van der Waals surface area contributed by atoms with Gasteiger partial charge < -0.3 is 5.32 Å². The van der Waals surface area contributed by atoms with Crippen molar-refractivity contribution in [2.24, 2.45) is 7.05 Å². The van der Waals surface area contributed by atoms with E-state index in [0.717, 1.165) is 36.6 Å². The Labute approximate surface area is 134 Å². The zero-order valence-electron chi connectivity index (χ0n) is 13.5. The Hall–Kier alpha value is -1.66. The lowest BCUT2D eigenvalue weighted by atomic mass is 10.1. The van der Waals surface area contributed by atoms with Crippen molar-refractivity contribution in [3.05, 3.63) is 33.3 Å². The van der Waals surface area contributed by atoms with Gasteiger partial charge >= 0.3 is 0 Å². The predicted molar refractivity (Wildman–Crippen MR) is 89.2 cm³/mol. The zero-order chi connectivity index (χ0) is 15.9. The van der Waals surface area contributed by atoms with Gasteiger partial charge in [0.05, 0.1) is 23.1 Å². The molecule has 0 fully saturated rings. The molecule has 2 aromatic rings. The van der Waals surface area contributed by atoms with E-state index in [1.165, 1.54) is 10.4 Å². The second-order valence-electron chi connectivity index (χ2n) is 5.92. The van der Waals surface area contributed by atoms with E-state index in [9.17, 15) is 4.79 Å². The summed E-state index contributed by atoms with van der Waals surface area (Å²) < 4.78 is 1.80. The van der Waals surface area contributed by atoms with Crippen LogP contribution in [0.25, 0.3) is 0 Å². The zero-order valence-corrected chi connectivity index (χ0v) is 14.3. The first-order valence-corrected chi connectivity index (χ1v) is 8.45. The van der Waals surface area contributed by atoms with Crippen molar-refractivity contribution in [3.63, 3.8) is 0 Å². The third kappa shape index (κ3) is 2.68. The average Bonchev–Trinajstić information content (AvgIpc) is 3.05. The normalized spacial score (nSPS) is 16.4. The largest absolute Gasteiger partial charge is 0.322 e. The SMILES string of the molecule is Cc1nn(C)c(C)c1NC(=O)C(C)N1CCc2sccc2C1. The quantitative estimate of drug-likeness (QED) is 0.946. The Balaban J connectivity index is 1.70. The van der Waals surface area contributed by atoms with Crippen LogP contribution in [0.15, 0.2) is 11.4 Å². The summed E-state index contributed by atoms with van der Waals surface area (Å²) >= 11 is 1.82. The summed E-state index contributed by atoms with van der Waals surface area (Å²) in [5, 5.41) is 9.54. The molecule has 1 aliphatic heterocycles.